The quantitative estimate of drug-likeness (QED) is 0.782. The summed E-state index contributed by atoms with van der Waals surface area (Å²) in [6.45, 7) is 4.66. The standard InChI is InChI=1S/C17H27N3O/c1-12(2)13-4-6-14(7-5-13)19-15-8-10-16(11-9-15)20-17(21)18-3/h8-14,19H,4-7H2,1-3H3,(H2,18,20,21). The molecule has 0 aromatic heterocycles. The largest absolute Gasteiger partial charge is 0.382 e. The number of hydrogen-bond acceptors (Lipinski definition) is 2. The van der Waals surface area contributed by atoms with Crippen LogP contribution in [-0.4, -0.2) is 19.1 Å². The van der Waals surface area contributed by atoms with Gasteiger partial charge < -0.3 is 16.0 Å². The first kappa shape index (κ1) is 15.7. The Hall–Kier alpha value is -1.71. The van der Waals surface area contributed by atoms with Gasteiger partial charge in [-0.2, -0.15) is 0 Å². The molecule has 2 rings (SSSR count). The molecule has 0 saturated heterocycles. The fourth-order valence-electron chi connectivity index (χ4n) is 3.01. The van der Waals surface area contributed by atoms with Crippen LogP contribution in [0.3, 0.4) is 0 Å². The number of urea groups is 1. The van der Waals surface area contributed by atoms with E-state index in [1.807, 2.05) is 24.3 Å². The lowest BCUT2D eigenvalue weighted by Gasteiger charge is -2.31. The molecule has 4 nitrogen and oxygen atoms in total. The van der Waals surface area contributed by atoms with Gasteiger partial charge in [-0.3, -0.25) is 0 Å². The van der Waals surface area contributed by atoms with Crippen molar-refractivity contribution in [2.75, 3.05) is 17.7 Å². The van der Waals surface area contributed by atoms with E-state index >= 15 is 0 Å². The van der Waals surface area contributed by atoms with Gasteiger partial charge in [0.1, 0.15) is 0 Å². The Kier molecular flexibility index (Phi) is 5.48. The maximum absolute atomic E-state index is 11.2. The number of carbonyl (C=O) groups is 1. The SMILES string of the molecule is CNC(=O)Nc1ccc(NC2CCC(C(C)C)CC2)cc1. The Morgan fingerprint density at radius 3 is 2.14 bits per heavy atom. The number of amides is 2. The first-order valence-corrected chi connectivity index (χ1v) is 7.94. The van der Waals surface area contributed by atoms with Gasteiger partial charge in [-0.05, 0) is 61.8 Å². The smallest absolute Gasteiger partial charge is 0.318 e. The fourth-order valence-corrected chi connectivity index (χ4v) is 3.01. The van der Waals surface area contributed by atoms with Crippen LogP contribution >= 0.6 is 0 Å². The molecule has 0 bridgehead atoms. The molecule has 1 aliphatic carbocycles. The summed E-state index contributed by atoms with van der Waals surface area (Å²) in [5.74, 6) is 1.70. The zero-order chi connectivity index (χ0) is 15.2. The van der Waals surface area contributed by atoms with E-state index < -0.39 is 0 Å². The Balaban J connectivity index is 1.82. The number of hydrogen-bond donors (Lipinski definition) is 3. The summed E-state index contributed by atoms with van der Waals surface area (Å²) in [5.41, 5.74) is 1.94. The monoisotopic (exact) mass is 289 g/mol. The number of carbonyl (C=O) groups excluding carboxylic acids is 1. The van der Waals surface area contributed by atoms with Crippen LogP contribution in [0.1, 0.15) is 39.5 Å². The third-order valence-corrected chi connectivity index (χ3v) is 4.46. The minimum Gasteiger partial charge on any atom is -0.382 e. The van der Waals surface area contributed by atoms with Crippen LogP contribution in [0.2, 0.25) is 0 Å². The second kappa shape index (κ2) is 7.34. The molecule has 1 aromatic rings. The van der Waals surface area contributed by atoms with Crippen molar-refractivity contribution in [3.63, 3.8) is 0 Å². The van der Waals surface area contributed by atoms with E-state index in [2.05, 4.69) is 29.8 Å². The first-order valence-electron chi connectivity index (χ1n) is 7.94. The molecule has 4 heteroatoms. The zero-order valence-corrected chi connectivity index (χ0v) is 13.3. The predicted molar refractivity (Wildman–Crippen MR) is 88.7 cm³/mol. The van der Waals surface area contributed by atoms with Crippen molar-refractivity contribution in [1.82, 2.24) is 5.32 Å². The lowest BCUT2D eigenvalue weighted by Crippen LogP contribution is -2.28. The minimum absolute atomic E-state index is 0.192. The summed E-state index contributed by atoms with van der Waals surface area (Å²) in [6.07, 6.45) is 5.15. The highest BCUT2D eigenvalue weighted by atomic mass is 16.2. The molecule has 1 aromatic carbocycles. The lowest BCUT2D eigenvalue weighted by molar-refractivity contribution is 0.254. The molecular formula is C17H27N3O. The molecule has 1 fully saturated rings. The minimum atomic E-state index is -0.192. The van der Waals surface area contributed by atoms with Crippen molar-refractivity contribution in [2.24, 2.45) is 11.8 Å². The van der Waals surface area contributed by atoms with Gasteiger partial charge in [-0.15, -0.1) is 0 Å². The molecule has 116 valence electrons. The molecule has 0 spiro atoms. The van der Waals surface area contributed by atoms with Crippen LogP contribution < -0.4 is 16.0 Å². The van der Waals surface area contributed by atoms with Crippen molar-refractivity contribution < 1.29 is 4.79 Å². The third kappa shape index (κ3) is 4.66. The van der Waals surface area contributed by atoms with Gasteiger partial charge in [0.25, 0.3) is 0 Å². The molecule has 0 unspecified atom stereocenters. The molecule has 0 heterocycles. The van der Waals surface area contributed by atoms with E-state index in [0.717, 1.165) is 23.2 Å². The number of rotatable bonds is 4. The summed E-state index contributed by atoms with van der Waals surface area (Å²) in [6, 6.07) is 8.30. The van der Waals surface area contributed by atoms with Gasteiger partial charge in [-0.1, -0.05) is 13.8 Å². The van der Waals surface area contributed by atoms with Gasteiger partial charge in [0.2, 0.25) is 0 Å². The van der Waals surface area contributed by atoms with E-state index in [1.165, 1.54) is 25.7 Å². The second-order valence-electron chi connectivity index (χ2n) is 6.28. The van der Waals surface area contributed by atoms with E-state index in [4.69, 9.17) is 0 Å². The summed E-state index contributed by atoms with van der Waals surface area (Å²) in [5, 5.41) is 8.91. The lowest BCUT2D eigenvalue weighted by atomic mass is 9.79. The van der Waals surface area contributed by atoms with Crippen molar-refractivity contribution >= 4 is 17.4 Å². The summed E-state index contributed by atoms with van der Waals surface area (Å²) >= 11 is 0. The van der Waals surface area contributed by atoms with Crippen LogP contribution in [0.4, 0.5) is 16.2 Å². The van der Waals surface area contributed by atoms with E-state index in [9.17, 15) is 4.79 Å². The highest BCUT2D eigenvalue weighted by Gasteiger charge is 2.22. The number of anilines is 2. The molecule has 0 atom stereocenters. The topological polar surface area (TPSA) is 53.2 Å². The average molecular weight is 289 g/mol. The van der Waals surface area contributed by atoms with E-state index in [1.54, 1.807) is 7.05 Å². The van der Waals surface area contributed by atoms with Crippen molar-refractivity contribution in [3.05, 3.63) is 24.3 Å². The zero-order valence-electron chi connectivity index (χ0n) is 13.3. The molecular weight excluding hydrogens is 262 g/mol. The van der Waals surface area contributed by atoms with Crippen molar-refractivity contribution in [3.8, 4) is 0 Å². The van der Waals surface area contributed by atoms with Crippen molar-refractivity contribution in [1.29, 1.82) is 0 Å². The summed E-state index contributed by atoms with van der Waals surface area (Å²) < 4.78 is 0. The molecule has 21 heavy (non-hydrogen) atoms. The maximum Gasteiger partial charge on any atom is 0.318 e. The highest BCUT2D eigenvalue weighted by Crippen LogP contribution is 2.31. The molecule has 3 N–H and O–H groups in total. The summed E-state index contributed by atoms with van der Waals surface area (Å²) in [7, 11) is 1.61. The third-order valence-electron chi connectivity index (χ3n) is 4.46. The molecule has 2 amide bonds. The molecule has 1 aliphatic rings. The number of nitrogens with one attached hydrogen (secondary N) is 3. The van der Waals surface area contributed by atoms with Gasteiger partial charge in [-0.25, -0.2) is 4.79 Å². The van der Waals surface area contributed by atoms with Gasteiger partial charge >= 0.3 is 6.03 Å². The Bertz CT molecular complexity index is 448. The molecule has 0 radical (unpaired) electrons. The van der Waals surface area contributed by atoms with Crippen molar-refractivity contribution in [2.45, 2.75) is 45.6 Å². The Morgan fingerprint density at radius 1 is 1.05 bits per heavy atom. The van der Waals surface area contributed by atoms with Crippen LogP contribution in [0, 0.1) is 11.8 Å². The van der Waals surface area contributed by atoms with Crippen LogP contribution in [0.25, 0.3) is 0 Å². The van der Waals surface area contributed by atoms with E-state index in [0.29, 0.717) is 6.04 Å². The fraction of sp³-hybridized carbons (Fsp3) is 0.588. The van der Waals surface area contributed by atoms with Crippen LogP contribution in [0.15, 0.2) is 24.3 Å². The van der Waals surface area contributed by atoms with Crippen LogP contribution in [0.5, 0.6) is 0 Å². The van der Waals surface area contributed by atoms with E-state index in [-0.39, 0.29) is 6.03 Å². The second-order valence-corrected chi connectivity index (χ2v) is 6.28. The predicted octanol–water partition coefficient (Wildman–Crippen LogP) is 4.06. The highest BCUT2D eigenvalue weighted by molar-refractivity contribution is 5.89. The number of benzene rings is 1. The molecule has 0 aliphatic heterocycles. The normalized spacial score (nSPS) is 21.9. The maximum atomic E-state index is 11.2. The van der Waals surface area contributed by atoms with Gasteiger partial charge in [0.15, 0.2) is 0 Å². The van der Waals surface area contributed by atoms with Gasteiger partial charge in [0, 0.05) is 24.5 Å². The average Bonchev–Trinajstić information content (AvgIpc) is 2.49. The Morgan fingerprint density at radius 2 is 1.62 bits per heavy atom. The van der Waals surface area contributed by atoms with Crippen LogP contribution in [-0.2, 0) is 0 Å². The van der Waals surface area contributed by atoms with Gasteiger partial charge in [0.05, 0.1) is 0 Å². The summed E-state index contributed by atoms with van der Waals surface area (Å²) in [4.78, 5) is 11.2. The first-order chi connectivity index (χ1) is 10.1. The Labute approximate surface area is 127 Å². The molecule has 1 saturated carbocycles.